The van der Waals surface area contributed by atoms with Crippen LogP contribution in [0.1, 0.15) is 17.3 Å². The van der Waals surface area contributed by atoms with Gasteiger partial charge in [0.2, 0.25) is 6.29 Å². The Morgan fingerprint density at radius 1 is 1.31 bits per heavy atom. The van der Waals surface area contributed by atoms with Crippen LogP contribution >= 0.6 is 0 Å². The van der Waals surface area contributed by atoms with Gasteiger partial charge in [-0.05, 0) is 19.1 Å². The van der Waals surface area contributed by atoms with E-state index in [9.17, 15) is 4.79 Å². The first-order valence-electron chi connectivity index (χ1n) is 5.14. The molecule has 0 heterocycles. The Hall–Kier alpha value is -1.39. The number of ether oxygens (including phenoxy) is 3. The Morgan fingerprint density at radius 3 is 2.56 bits per heavy atom. The molecule has 0 N–H and O–H groups in total. The average molecular weight is 224 g/mol. The summed E-state index contributed by atoms with van der Waals surface area (Å²) in [6.45, 7) is 2.67. The third-order valence-electron chi connectivity index (χ3n) is 1.97. The van der Waals surface area contributed by atoms with Crippen LogP contribution in [-0.2, 0) is 14.2 Å². The summed E-state index contributed by atoms with van der Waals surface area (Å²) in [6, 6.07) is 8.78. The van der Waals surface area contributed by atoms with Crippen molar-refractivity contribution in [3.8, 4) is 0 Å². The van der Waals surface area contributed by atoms with Gasteiger partial charge in [0, 0.05) is 13.7 Å². The molecule has 16 heavy (non-hydrogen) atoms. The van der Waals surface area contributed by atoms with Crippen LogP contribution in [0.3, 0.4) is 0 Å². The summed E-state index contributed by atoms with van der Waals surface area (Å²) < 4.78 is 15.2. The van der Waals surface area contributed by atoms with E-state index < -0.39 is 12.3 Å². The fourth-order valence-corrected chi connectivity index (χ4v) is 1.13. The maximum absolute atomic E-state index is 11.6. The van der Waals surface area contributed by atoms with E-state index in [2.05, 4.69) is 0 Å². The van der Waals surface area contributed by atoms with Crippen molar-refractivity contribution in [1.82, 2.24) is 0 Å². The van der Waals surface area contributed by atoms with Crippen LogP contribution in [0.15, 0.2) is 30.3 Å². The van der Waals surface area contributed by atoms with E-state index in [-0.39, 0.29) is 6.61 Å². The number of methoxy groups -OCH3 is 1. The van der Waals surface area contributed by atoms with Crippen LogP contribution in [-0.4, -0.2) is 32.6 Å². The minimum Gasteiger partial charge on any atom is -0.430 e. The molecular weight excluding hydrogens is 208 g/mol. The lowest BCUT2D eigenvalue weighted by Gasteiger charge is -2.15. The van der Waals surface area contributed by atoms with Crippen molar-refractivity contribution in [1.29, 1.82) is 0 Å². The maximum Gasteiger partial charge on any atom is 0.340 e. The van der Waals surface area contributed by atoms with E-state index in [1.165, 1.54) is 7.11 Å². The fraction of sp³-hybridized carbons (Fsp3) is 0.417. The molecule has 1 aromatic rings. The molecule has 1 atom stereocenters. The van der Waals surface area contributed by atoms with Crippen LogP contribution in [0.25, 0.3) is 0 Å². The van der Waals surface area contributed by atoms with Gasteiger partial charge in [0.15, 0.2) is 0 Å². The highest BCUT2D eigenvalue weighted by Crippen LogP contribution is 2.04. The van der Waals surface area contributed by atoms with Crippen molar-refractivity contribution < 1.29 is 19.0 Å². The number of carbonyl (C=O) groups excluding carboxylic acids is 1. The van der Waals surface area contributed by atoms with Crippen molar-refractivity contribution >= 4 is 5.97 Å². The van der Waals surface area contributed by atoms with Crippen LogP contribution < -0.4 is 0 Å². The van der Waals surface area contributed by atoms with Gasteiger partial charge in [0.25, 0.3) is 0 Å². The highest BCUT2D eigenvalue weighted by atomic mass is 16.7. The number of rotatable bonds is 6. The zero-order chi connectivity index (χ0) is 11.8. The molecule has 0 spiro atoms. The zero-order valence-corrected chi connectivity index (χ0v) is 9.51. The largest absolute Gasteiger partial charge is 0.430 e. The summed E-state index contributed by atoms with van der Waals surface area (Å²) >= 11 is 0. The summed E-state index contributed by atoms with van der Waals surface area (Å²) in [6.07, 6.45) is -0.660. The zero-order valence-electron chi connectivity index (χ0n) is 9.51. The van der Waals surface area contributed by atoms with Gasteiger partial charge in [-0.1, -0.05) is 18.2 Å². The third-order valence-corrected chi connectivity index (χ3v) is 1.97. The number of carbonyl (C=O) groups is 1. The molecule has 0 radical (unpaired) electrons. The van der Waals surface area contributed by atoms with Crippen LogP contribution in [0.2, 0.25) is 0 Å². The van der Waals surface area contributed by atoms with Crippen molar-refractivity contribution in [2.45, 2.75) is 13.2 Å². The van der Waals surface area contributed by atoms with Gasteiger partial charge in [0.05, 0.1) is 5.56 Å². The molecule has 0 amide bonds. The Morgan fingerprint density at radius 2 is 2.00 bits per heavy atom. The van der Waals surface area contributed by atoms with Crippen LogP contribution in [0.4, 0.5) is 0 Å². The molecule has 1 aromatic carbocycles. The van der Waals surface area contributed by atoms with Gasteiger partial charge >= 0.3 is 5.97 Å². The highest BCUT2D eigenvalue weighted by Gasteiger charge is 2.14. The molecule has 0 aliphatic heterocycles. The standard InChI is InChI=1S/C12H16O4/c1-3-15-9-11(14-2)16-12(13)10-7-5-4-6-8-10/h4-8,11H,3,9H2,1-2H3. The number of esters is 1. The molecule has 88 valence electrons. The van der Waals surface area contributed by atoms with Crippen molar-refractivity contribution in [3.05, 3.63) is 35.9 Å². The Kier molecular flexibility index (Phi) is 5.53. The van der Waals surface area contributed by atoms with Crippen molar-refractivity contribution in [2.24, 2.45) is 0 Å². The first kappa shape index (κ1) is 12.7. The lowest BCUT2D eigenvalue weighted by molar-refractivity contribution is -0.125. The Labute approximate surface area is 95.1 Å². The van der Waals surface area contributed by atoms with Gasteiger partial charge in [-0.2, -0.15) is 0 Å². The van der Waals surface area contributed by atoms with Crippen LogP contribution in [0.5, 0.6) is 0 Å². The Balaban J connectivity index is 2.49. The Bertz CT molecular complexity index is 310. The molecule has 0 bridgehead atoms. The van der Waals surface area contributed by atoms with E-state index in [0.717, 1.165) is 0 Å². The molecule has 0 saturated heterocycles. The lowest BCUT2D eigenvalue weighted by Crippen LogP contribution is -2.25. The van der Waals surface area contributed by atoms with Gasteiger partial charge in [-0.3, -0.25) is 0 Å². The van der Waals surface area contributed by atoms with Crippen molar-refractivity contribution in [3.63, 3.8) is 0 Å². The SMILES string of the molecule is CCOCC(OC)OC(=O)c1ccccc1. The minimum absolute atomic E-state index is 0.242. The highest BCUT2D eigenvalue weighted by molar-refractivity contribution is 5.89. The monoisotopic (exact) mass is 224 g/mol. The van der Waals surface area contributed by atoms with Gasteiger partial charge in [0.1, 0.15) is 6.61 Å². The summed E-state index contributed by atoms with van der Waals surface area (Å²) in [5.41, 5.74) is 0.501. The smallest absolute Gasteiger partial charge is 0.340 e. The molecule has 0 aliphatic carbocycles. The van der Waals surface area contributed by atoms with E-state index in [1.54, 1.807) is 24.3 Å². The molecule has 4 heteroatoms. The number of hydrogen-bond donors (Lipinski definition) is 0. The normalized spacial score (nSPS) is 12.1. The maximum atomic E-state index is 11.6. The summed E-state index contributed by atoms with van der Waals surface area (Å²) in [4.78, 5) is 11.6. The van der Waals surface area contributed by atoms with Gasteiger partial charge in [-0.25, -0.2) is 4.79 Å². The first-order chi connectivity index (χ1) is 7.77. The summed E-state index contributed by atoms with van der Waals surface area (Å²) in [5.74, 6) is -0.410. The predicted molar refractivity (Wildman–Crippen MR) is 59.1 cm³/mol. The van der Waals surface area contributed by atoms with Crippen LogP contribution in [0, 0.1) is 0 Å². The van der Waals surface area contributed by atoms with E-state index >= 15 is 0 Å². The summed E-state index contributed by atoms with van der Waals surface area (Å²) in [7, 11) is 1.47. The van der Waals surface area contributed by atoms with Gasteiger partial charge in [-0.15, -0.1) is 0 Å². The quantitative estimate of drug-likeness (QED) is 0.546. The predicted octanol–water partition coefficient (Wildman–Crippen LogP) is 1.85. The molecular formula is C12H16O4. The first-order valence-corrected chi connectivity index (χ1v) is 5.14. The lowest BCUT2D eigenvalue weighted by atomic mass is 10.2. The van der Waals surface area contributed by atoms with Crippen molar-refractivity contribution in [2.75, 3.05) is 20.3 Å². The van der Waals surface area contributed by atoms with Gasteiger partial charge < -0.3 is 14.2 Å². The molecule has 0 saturated carbocycles. The second-order valence-corrected chi connectivity index (χ2v) is 3.10. The molecule has 1 rings (SSSR count). The molecule has 0 fully saturated rings. The second kappa shape index (κ2) is 6.98. The third kappa shape index (κ3) is 4.00. The van der Waals surface area contributed by atoms with E-state index in [1.807, 2.05) is 13.0 Å². The summed E-state index contributed by atoms with van der Waals surface area (Å²) in [5, 5.41) is 0. The number of benzene rings is 1. The molecule has 1 unspecified atom stereocenters. The molecule has 0 aromatic heterocycles. The minimum atomic E-state index is -0.660. The molecule has 0 aliphatic rings. The number of hydrogen-bond acceptors (Lipinski definition) is 4. The average Bonchev–Trinajstić information content (AvgIpc) is 2.35. The molecule has 4 nitrogen and oxygen atoms in total. The second-order valence-electron chi connectivity index (χ2n) is 3.10. The fourth-order valence-electron chi connectivity index (χ4n) is 1.13. The van der Waals surface area contributed by atoms with E-state index in [0.29, 0.717) is 12.2 Å². The topological polar surface area (TPSA) is 44.8 Å². The van der Waals surface area contributed by atoms with E-state index in [4.69, 9.17) is 14.2 Å².